The third-order valence-electron chi connectivity index (χ3n) is 3.27. The number of aryl methyl sites for hydroxylation is 1. The molecule has 1 aromatic carbocycles. The van der Waals surface area contributed by atoms with Gasteiger partial charge < -0.3 is 19.9 Å². The third kappa shape index (κ3) is 4.13. The van der Waals surface area contributed by atoms with Gasteiger partial charge in [-0.3, -0.25) is 0 Å². The normalized spacial score (nSPS) is 16.2. The fourth-order valence-electron chi connectivity index (χ4n) is 1.94. The average molecular weight is 263 g/mol. The number of urea groups is 1. The van der Waals surface area contributed by atoms with Crippen LogP contribution in [0.4, 0.5) is 4.79 Å². The van der Waals surface area contributed by atoms with Crippen molar-refractivity contribution in [2.75, 3.05) is 40.0 Å². The molecule has 1 saturated heterocycles. The summed E-state index contributed by atoms with van der Waals surface area (Å²) in [6.45, 7) is 5.62. The number of nitrogens with zero attached hydrogens (tertiary/aromatic N) is 2. The van der Waals surface area contributed by atoms with Crippen molar-refractivity contribution < 1.29 is 9.53 Å². The first kappa shape index (κ1) is 13.7. The van der Waals surface area contributed by atoms with Crippen molar-refractivity contribution in [3.63, 3.8) is 0 Å². The topological polar surface area (TPSA) is 44.8 Å². The first-order chi connectivity index (χ1) is 9.15. The van der Waals surface area contributed by atoms with E-state index in [4.69, 9.17) is 4.74 Å². The number of carbonyl (C=O) groups excluding carboxylic acids is 1. The number of nitrogens with one attached hydrogen (secondary N) is 1. The lowest BCUT2D eigenvalue weighted by Gasteiger charge is -2.32. The van der Waals surface area contributed by atoms with Crippen LogP contribution in [0.15, 0.2) is 24.3 Å². The number of benzene rings is 1. The molecular formula is C14H21N3O2. The monoisotopic (exact) mass is 263 g/mol. The molecule has 0 aliphatic carbocycles. The minimum absolute atomic E-state index is 0.0554. The molecule has 0 spiro atoms. The SMILES string of the molecule is Cc1ccc(OCNC(=O)N2CCN(C)CC2)cc1. The van der Waals surface area contributed by atoms with Crippen LogP contribution in [0.2, 0.25) is 0 Å². The Hall–Kier alpha value is -1.75. The zero-order valence-electron chi connectivity index (χ0n) is 11.6. The van der Waals surface area contributed by atoms with Crippen LogP contribution in [0.1, 0.15) is 5.56 Å². The van der Waals surface area contributed by atoms with Crippen LogP contribution >= 0.6 is 0 Å². The fraction of sp³-hybridized carbons (Fsp3) is 0.500. The molecule has 104 valence electrons. The van der Waals surface area contributed by atoms with Gasteiger partial charge in [0.15, 0.2) is 6.73 Å². The van der Waals surface area contributed by atoms with Crippen molar-refractivity contribution in [3.8, 4) is 5.75 Å². The zero-order chi connectivity index (χ0) is 13.7. The number of carbonyl (C=O) groups is 1. The van der Waals surface area contributed by atoms with Crippen LogP contribution in [0, 0.1) is 6.92 Å². The molecule has 2 rings (SSSR count). The first-order valence-corrected chi connectivity index (χ1v) is 6.56. The summed E-state index contributed by atoms with van der Waals surface area (Å²) in [5.41, 5.74) is 1.19. The van der Waals surface area contributed by atoms with Gasteiger partial charge in [-0.15, -0.1) is 0 Å². The number of hydrogen-bond acceptors (Lipinski definition) is 3. The van der Waals surface area contributed by atoms with E-state index in [1.54, 1.807) is 0 Å². The molecule has 1 aromatic rings. The average Bonchev–Trinajstić information content (AvgIpc) is 2.41. The summed E-state index contributed by atoms with van der Waals surface area (Å²) >= 11 is 0. The van der Waals surface area contributed by atoms with Gasteiger partial charge in [0, 0.05) is 26.2 Å². The Kier molecular flexibility index (Phi) is 4.63. The predicted molar refractivity (Wildman–Crippen MR) is 74.3 cm³/mol. The van der Waals surface area contributed by atoms with Gasteiger partial charge in [0.1, 0.15) is 5.75 Å². The molecule has 1 fully saturated rings. The first-order valence-electron chi connectivity index (χ1n) is 6.56. The third-order valence-corrected chi connectivity index (χ3v) is 3.27. The second-order valence-electron chi connectivity index (χ2n) is 4.87. The Morgan fingerprint density at radius 2 is 1.84 bits per heavy atom. The minimum atomic E-state index is -0.0554. The summed E-state index contributed by atoms with van der Waals surface area (Å²) in [6.07, 6.45) is 0. The van der Waals surface area contributed by atoms with Crippen LogP contribution in [0.25, 0.3) is 0 Å². The Balaban J connectivity index is 1.70. The van der Waals surface area contributed by atoms with Crippen molar-refractivity contribution in [1.29, 1.82) is 0 Å². The summed E-state index contributed by atoms with van der Waals surface area (Å²) in [5.74, 6) is 0.768. The quantitative estimate of drug-likeness (QED) is 0.836. The van der Waals surface area contributed by atoms with Crippen molar-refractivity contribution >= 4 is 6.03 Å². The van der Waals surface area contributed by atoms with E-state index in [0.717, 1.165) is 31.9 Å². The highest BCUT2D eigenvalue weighted by molar-refractivity contribution is 5.74. The second-order valence-corrected chi connectivity index (χ2v) is 4.87. The number of hydrogen-bond donors (Lipinski definition) is 1. The molecule has 1 N–H and O–H groups in total. The highest BCUT2D eigenvalue weighted by Gasteiger charge is 2.18. The molecular weight excluding hydrogens is 242 g/mol. The van der Waals surface area contributed by atoms with E-state index >= 15 is 0 Å². The Labute approximate surface area is 114 Å². The zero-order valence-corrected chi connectivity index (χ0v) is 11.6. The molecule has 1 aliphatic rings. The number of rotatable bonds is 3. The molecule has 0 bridgehead atoms. The van der Waals surface area contributed by atoms with Gasteiger partial charge in [-0.05, 0) is 26.1 Å². The Morgan fingerprint density at radius 1 is 1.21 bits per heavy atom. The van der Waals surface area contributed by atoms with Gasteiger partial charge in [0.25, 0.3) is 0 Å². The summed E-state index contributed by atoms with van der Waals surface area (Å²) in [5, 5.41) is 2.78. The van der Waals surface area contributed by atoms with Crippen molar-refractivity contribution in [1.82, 2.24) is 15.1 Å². The minimum Gasteiger partial charge on any atom is -0.473 e. The van der Waals surface area contributed by atoms with E-state index in [1.807, 2.05) is 36.1 Å². The van der Waals surface area contributed by atoms with E-state index in [0.29, 0.717) is 0 Å². The number of piperazine rings is 1. The van der Waals surface area contributed by atoms with Crippen LogP contribution in [0.5, 0.6) is 5.75 Å². The van der Waals surface area contributed by atoms with Crippen molar-refractivity contribution in [2.45, 2.75) is 6.92 Å². The lowest BCUT2D eigenvalue weighted by molar-refractivity contribution is 0.147. The van der Waals surface area contributed by atoms with Crippen LogP contribution < -0.4 is 10.1 Å². The number of amides is 2. The maximum Gasteiger partial charge on any atom is 0.320 e. The maximum atomic E-state index is 11.9. The van der Waals surface area contributed by atoms with E-state index in [-0.39, 0.29) is 12.8 Å². The van der Waals surface area contributed by atoms with Crippen LogP contribution in [0.3, 0.4) is 0 Å². The molecule has 0 unspecified atom stereocenters. The molecule has 0 aromatic heterocycles. The van der Waals surface area contributed by atoms with Gasteiger partial charge in [-0.25, -0.2) is 4.79 Å². The molecule has 0 radical (unpaired) electrons. The molecule has 0 saturated carbocycles. The lowest BCUT2D eigenvalue weighted by Crippen LogP contribution is -2.51. The smallest absolute Gasteiger partial charge is 0.320 e. The molecule has 0 atom stereocenters. The molecule has 1 heterocycles. The van der Waals surface area contributed by atoms with Gasteiger partial charge in [0.05, 0.1) is 0 Å². The van der Waals surface area contributed by atoms with Crippen LogP contribution in [-0.2, 0) is 0 Å². The highest BCUT2D eigenvalue weighted by Crippen LogP contribution is 2.10. The summed E-state index contributed by atoms with van der Waals surface area (Å²) < 4.78 is 5.47. The molecule has 2 amide bonds. The lowest BCUT2D eigenvalue weighted by atomic mass is 10.2. The Bertz CT molecular complexity index is 411. The summed E-state index contributed by atoms with van der Waals surface area (Å²) in [4.78, 5) is 15.9. The largest absolute Gasteiger partial charge is 0.473 e. The number of likely N-dealkylation sites (N-methyl/N-ethyl adjacent to an activating group) is 1. The van der Waals surface area contributed by atoms with Gasteiger partial charge in [-0.2, -0.15) is 0 Å². The highest BCUT2D eigenvalue weighted by atomic mass is 16.5. The Morgan fingerprint density at radius 3 is 2.47 bits per heavy atom. The van der Waals surface area contributed by atoms with Crippen LogP contribution in [-0.4, -0.2) is 55.8 Å². The van der Waals surface area contributed by atoms with Crippen molar-refractivity contribution in [3.05, 3.63) is 29.8 Å². The standard InChI is InChI=1S/C14H21N3O2/c1-12-3-5-13(6-4-12)19-11-15-14(18)17-9-7-16(2)8-10-17/h3-6H,7-11H2,1-2H3,(H,15,18). The van der Waals surface area contributed by atoms with Gasteiger partial charge >= 0.3 is 6.03 Å². The molecule has 5 heteroatoms. The van der Waals surface area contributed by atoms with E-state index < -0.39 is 0 Å². The fourth-order valence-corrected chi connectivity index (χ4v) is 1.94. The van der Waals surface area contributed by atoms with Gasteiger partial charge in [-0.1, -0.05) is 17.7 Å². The predicted octanol–water partition coefficient (Wildman–Crippen LogP) is 1.29. The second kappa shape index (κ2) is 6.43. The molecule has 19 heavy (non-hydrogen) atoms. The van der Waals surface area contributed by atoms with Gasteiger partial charge in [0.2, 0.25) is 0 Å². The number of ether oxygens (including phenoxy) is 1. The maximum absolute atomic E-state index is 11.9. The van der Waals surface area contributed by atoms with E-state index in [2.05, 4.69) is 17.3 Å². The summed E-state index contributed by atoms with van der Waals surface area (Å²) in [7, 11) is 2.07. The summed E-state index contributed by atoms with van der Waals surface area (Å²) in [6, 6.07) is 7.71. The van der Waals surface area contributed by atoms with E-state index in [1.165, 1.54) is 5.56 Å². The molecule has 1 aliphatic heterocycles. The van der Waals surface area contributed by atoms with Crippen molar-refractivity contribution in [2.24, 2.45) is 0 Å². The van der Waals surface area contributed by atoms with E-state index in [9.17, 15) is 4.79 Å². The molecule has 5 nitrogen and oxygen atoms in total.